The molecule has 2 aromatic rings. The molecule has 8 nitrogen and oxygen atoms in total. The van der Waals surface area contributed by atoms with Crippen molar-refractivity contribution in [2.45, 2.75) is 32.4 Å². The number of nitrogens with zero attached hydrogens (tertiary/aromatic N) is 4. The number of benzene rings is 1. The van der Waals surface area contributed by atoms with Crippen LogP contribution >= 0.6 is 27.5 Å². The molecule has 1 aliphatic rings. The van der Waals surface area contributed by atoms with E-state index in [0.717, 1.165) is 5.39 Å². The zero-order valence-corrected chi connectivity index (χ0v) is 18.0. The van der Waals surface area contributed by atoms with Crippen LogP contribution in [0.2, 0.25) is 5.02 Å². The van der Waals surface area contributed by atoms with Crippen LogP contribution in [0.4, 0.5) is 10.6 Å². The molecule has 1 saturated heterocycles. The molecule has 1 unspecified atom stereocenters. The Hall–Kier alpha value is -2.13. The lowest BCUT2D eigenvalue weighted by molar-refractivity contribution is -0.143. The zero-order chi connectivity index (χ0) is 20.6. The van der Waals surface area contributed by atoms with E-state index in [0.29, 0.717) is 27.4 Å². The molecule has 2 heterocycles. The fraction of sp³-hybridized carbons (Fsp3) is 0.444. The number of amides is 1. The molecular weight excluding hydrogens is 452 g/mol. The summed E-state index contributed by atoms with van der Waals surface area (Å²) in [5.74, 6) is -0.504. The van der Waals surface area contributed by atoms with Gasteiger partial charge in [0.2, 0.25) is 0 Å². The fourth-order valence-corrected chi connectivity index (χ4v) is 3.52. The third kappa shape index (κ3) is 4.30. The standard InChI is InChI=1S/C18H20BrClN4O4/c1-18(2,3)28-17(27)24-5-4-23(8-14(24)16(25)26)15-10-6-11(19)12(20)7-13(10)21-9-22-15/h6-7,9,14H,4-5,8H2,1-3H3,(H,25,26). The summed E-state index contributed by atoms with van der Waals surface area (Å²) in [6.07, 6.45) is 0.777. The second kappa shape index (κ2) is 7.71. The number of piperazine rings is 1. The summed E-state index contributed by atoms with van der Waals surface area (Å²) in [4.78, 5) is 35.9. The predicted molar refractivity (Wildman–Crippen MR) is 109 cm³/mol. The van der Waals surface area contributed by atoms with Crippen LogP contribution in [0.3, 0.4) is 0 Å². The number of hydrogen-bond acceptors (Lipinski definition) is 6. The molecule has 28 heavy (non-hydrogen) atoms. The van der Waals surface area contributed by atoms with Crippen LogP contribution in [0, 0.1) is 0 Å². The molecule has 0 saturated carbocycles. The van der Waals surface area contributed by atoms with Crippen molar-refractivity contribution in [2.24, 2.45) is 0 Å². The number of carboxylic acid groups (broad SMARTS) is 1. The van der Waals surface area contributed by atoms with Gasteiger partial charge in [0.1, 0.15) is 23.8 Å². The number of hydrogen-bond donors (Lipinski definition) is 1. The third-order valence-corrected chi connectivity index (χ3v) is 5.45. The second-order valence-corrected chi connectivity index (χ2v) is 8.72. The summed E-state index contributed by atoms with van der Waals surface area (Å²) in [7, 11) is 0. The van der Waals surface area contributed by atoms with Gasteiger partial charge in [-0.25, -0.2) is 19.6 Å². The number of halogens is 2. The van der Waals surface area contributed by atoms with Crippen molar-refractivity contribution in [3.8, 4) is 0 Å². The third-order valence-electron chi connectivity index (χ3n) is 4.25. The molecule has 1 atom stereocenters. The summed E-state index contributed by atoms with van der Waals surface area (Å²) in [6, 6.07) is 2.48. The number of carbonyl (C=O) groups is 2. The van der Waals surface area contributed by atoms with E-state index in [1.54, 1.807) is 26.8 Å². The number of carbonyl (C=O) groups excluding carboxylic acids is 1. The number of anilines is 1. The Balaban J connectivity index is 1.91. The van der Waals surface area contributed by atoms with Gasteiger partial charge in [-0.3, -0.25) is 4.90 Å². The number of fused-ring (bicyclic) bond motifs is 1. The Labute approximate surface area is 175 Å². The average molecular weight is 472 g/mol. The van der Waals surface area contributed by atoms with Crippen LogP contribution in [0.15, 0.2) is 22.9 Å². The first-order valence-corrected chi connectivity index (χ1v) is 9.81. The van der Waals surface area contributed by atoms with E-state index in [-0.39, 0.29) is 13.1 Å². The lowest BCUT2D eigenvalue weighted by Gasteiger charge is -2.40. The predicted octanol–water partition coefficient (Wildman–Crippen LogP) is 3.56. The summed E-state index contributed by atoms with van der Waals surface area (Å²) in [5.41, 5.74) is -0.0503. The van der Waals surface area contributed by atoms with Gasteiger partial charge in [-0.15, -0.1) is 0 Å². The van der Waals surface area contributed by atoms with Crippen molar-refractivity contribution >= 4 is 56.3 Å². The highest BCUT2D eigenvalue weighted by molar-refractivity contribution is 9.10. The molecule has 0 radical (unpaired) electrons. The Morgan fingerprint density at radius 1 is 1.29 bits per heavy atom. The first-order chi connectivity index (χ1) is 13.1. The largest absolute Gasteiger partial charge is 0.480 e. The van der Waals surface area contributed by atoms with Crippen LogP contribution in [-0.2, 0) is 9.53 Å². The number of aliphatic carboxylic acids is 1. The average Bonchev–Trinajstić information content (AvgIpc) is 2.60. The van der Waals surface area contributed by atoms with Gasteiger partial charge in [0.25, 0.3) is 0 Å². The van der Waals surface area contributed by atoms with Crippen molar-refractivity contribution in [1.29, 1.82) is 0 Å². The molecule has 3 rings (SSSR count). The smallest absolute Gasteiger partial charge is 0.411 e. The SMILES string of the molecule is CC(C)(C)OC(=O)N1CCN(c2ncnc3cc(Cl)c(Br)cc23)CC1C(=O)O. The summed E-state index contributed by atoms with van der Waals surface area (Å²) >= 11 is 9.54. The molecule has 1 aliphatic heterocycles. The minimum absolute atomic E-state index is 0.0843. The van der Waals surface area contributed by atoms with E-state index in [9.17, 15) is 14.7 Å². The Morgan fingerprint density at radius 3 is 2.64 bits per heavy atom. The lowest BCUT2D eigenvalue weighted by Crippen LogP contribution is -2.59. The van der Waals surface area contributed by atoms with Gasteiger partial charge in [0, 0.05) is 22.9 Å². The monoisotopic (exact) mass is 470 g/mol. The minimum Gasteiger partial charge on any atom is -0.480 e. The molecule has 1 aromatic heterocycles. The van der Waals surface area contributed by atoms with Crippen molar-refractivity contribution in [3.05, 3.63) is 28.0 Å². The van der Waals surface area contributed by atoms with Crippen LogP contribution in [0.5, 0.6) is 0 Å². The maximum atomic E-state index is 12.4. The molecular formula is C18H20BrClN4O4. The zero-order valence-electron chi connectivity index (χ0n) is 15.6. The van der Waals surface area contributed by atoms with Crippen molar-refractivity contribution in [2.75, 3.05) is 24.5 Å². The fourth-order valence-electron chi connectivity index (χ4n) is 3.02. The van der Waals surface area contributed by atoms with Gasteiger partial charge < -0.3 is 14.7 Å². The van der Waals surface area contributed by atoms with Crippen LogP contribution in [0.1, 0.15) is 20.8 Å². The topological polar surface area (TPSA) is 95.9 Å². The van der Waals surface area contributed by atoms with Gasteiger partial charge >= 0.3 is 12.1 Å². The molecule has 150 valence electrons. The first kappa shape index (κ1) is 20.6. The highest BCUT2D eigenvalue weighted by atomic mass is 79.9. The lowest BCUT2D eigenvalue weighted by atomic mass is 10.1. The highest BCUT2D eigenvalue weighted by Crippen LogP contribution is 2.32. The first-order valence-electron chi connectivity index (χ1n) is 8.64. The Morgan fingerprint density at radius 2 is 2.00 bits per heavy atom. The van der Waals surface area contributed by atoms with Gasteiger partial charge in [0.15, 0.2) is 0 Å². The molecule has 0 bridgehead atoms. The summed E-state index contributed by atoms with van der Waals surface area (Å²) < 4.78 is 6.05. The maximum absolute atomic E-state index is 12.4. The van der Waals surface area contributed by atoms with Crippen LogP contribution < -0.4 is 4.90 Å². The second-order valence-electron chi connectivity index (χ2n) is 7.45. The molecule has 1 amide bonds. The van der Waals surface area contributed by atoms with E-state index < -0.39 is 23.7 Å². The Kier molecular flexibility index (Phi) is 5.67. The molecule has 0 aliphatic carbocycles. The van der Waals surface area contributed by atoms with E-state index in [1.165, 1.54) is 11.2 Å². The van der Waals surface area contributed by atoms with Gasteiger partial charge in [-0.05, 0) is 48.8 Å². The Bertz CT molecular complexity index is 934. The normalized spacial score (nSPS) is 17.7. The van der Waals surface area contributed by atoms with E-state index in [4.69, 9.17) is 16.3 Å². The van der Waals surface area contributed by atoms with E-state index in [2.05, 4.69) is 25.9 Å². The number of aromatic nitrogens is 2. The highest BCUT2D eigenvalue weighted by Gasteiger charge is 2.38. The van der Waals surface area contributed by atoms with Gasteiger partial charge in [-0.2, -0.15) is 0 Å². The number of rotatable bonds is 2. The maximum Gasteiger partial charge on any atom is 0.411 e. The molecule has 10 heteroatoms. The van der Waals surface area contributed by atoms with Crippen molar-refractivity contribution in [3.63, 3.8) is 0 Å². The molecule has 1 N–H and O–H groups in total. The van der Waals surface area contributed by atoms with Gasteiger partial charge in [-0.1, -0.05) is 11.6 Å². The molecule has 0 spiro atoms. The minimum atomic E-state index is -1.10. The van der Waals surface area contributed by atoms with Gasteiger partial charge in [0.05, 0.1) is 17.1 Å². The summed E-state index contributed by atoms with van der Waals surface area (Å²) in [5, 5.41) is 10.9. The molecule has 1 aromatic carbocycles. The van der Waals surface area contributed by atoms with E-state index in [1.807, 2.05) is 11.0 Å². The van der Waals surface area contributed by atoms with Crippen molar-refractivity contribution < 1.29 is 19.4 Å². The number of carboxylic acids is 1. The van der Waals surface area contributed by atoms with Crippen LogP contribution in [0.25, 0.3) is 10.9 Å². The van der Waals surface area contributed by atoms with Crippen molar-refractivity contribution in [1.82, 2.24) is 14.9 Å². The quantitative estimate of drug-likeness (QED) is 0.715. The molecule has 1 fully saturated rings. The van der Waals surface area contributed by atoms with Crippen LogP contribution in [-0.4, -0.2) is 63.3 Å². The van der Waals surface area contributed by atoms with E-state index >= 15 is 0 Å². The number of ether oxygens (including phenoxy) is 1. The summed E-state index contributed by atoms with van der Waals surface area (Å²) in [6.45, 7) is 5.93.